The highest BCUT2D eigenvalue weighted by molar-refractivity contribution is 5.95. The van der Waals surface area contributed by atoms with Crippen LogP contribution >= 0.6 is 0 Å². The molecule has 1 N–H and O–H groups in total. The second-order valence-corrected chi connectivity index (χ2v) is 11.0. The Bertz CT molecular complexity index is 1710. The molecule has 2 heterocycles. The minimum absolute atomic E-state index is 0.227. The van der Waals surface area contributed by atoms with Gasteiger partial charge in [0.2, 0.25) is 0 Å². The van der Waals surface area contributed by atoms with Crippen LogP contribution in [0.2, 0.25) is 0 Å². The number of aromatic nitrogens is 1. The third-order valence-electron chi connectivity index (χ3n) is 7.89. The molecule has 1 aliphatic rings. The number of carbonyl (C=O) groups is 1. The van der Waals surface area contributed by atoms with Crippen molar-refractivity contribution in [3.05, 3.63) is 131 Å². The van der Waals surface area contributed by atoms with Crippen molar-refractivity contribution in [3.8, 4) is 11.4 Å². The number of fused-ring (bicyclic) bond motifs is 3. The van der Waals surface area contributed by atoms with E-state index in [0.29, 0.717) is 13.2 Å². The molecule has 1 unspecified atom stereocenters. The van der Waals surface area contributed by atoms with E-state index >= 15 is 0 Å². The highest BCUT2D eigenvalue weighted by Crippen LogP contribution is 2.52. The number of rotatable bonds is 6. The lowest BCUT2D eigenvalue weighted by molar-refractivity contribution is -0.0581. The summed E-state index contributed by atoms with van der Waals surface area (Å²) in [6, 6.07) is 29.5. The smallest absolute Gasteiger partial charge is 0.335 e. The number of nitrogens with zero attached hydrogens (tertiary/aromatic N) is 1. The van der Waals surface area contributed by atoms with Crippen molar-refractivity contribution in [2.24, 2.45) is 0 Å². The first-order valence-electron chi connectivity index (χ1n) is 13.3. The van der Waals surface area contributed by atoms with Crippen LogP contribution in [0.15, 0.2) is 97.1 Å². The van der Waals surface area contributed by atoms with Crippen LogP contribution in [0.5, 0.6) is 5.75 Å². The predicted octanol–water partition coefficient (Wildman–Crippen LogP) is 7.62. The lowest BCUT2D eigenvalue weighted by Crippen LogP contribution is -2.43. The molecule has 1 aliphatic heterocycles. The third-order valence-corrected chi connectivity index (χ3v) is 7.89. The minimum atomic E-state index is -0.970. The summed E-state index contributed by atoms with van der Waals surface area (Å²) in [6.45, 7) is 7.00. The van der Waals surface area contributed by atoms with E-state index in [2.05, 4.69) is 17.6 Å². The average Bonchev–Trinajstić information content (AvgIpc) is 3.33. The van der Waals surface area contributed by atoms with Crippen LogP contribution in [0.1, 0.15) is 53.5 Å². The molecule has 1 atom stereocenters. The van der Waals surface area contributed by atoms with Gasteiger partial charge in [0.15, 0.2) is 0 Å². The molecule has 0 fully saturated rings. The zero-order valence-corrected chi connectivity index (χ0v) is 22.6. The van der Waals surface area contributed by atoms with Gasteiger partial charge in [-0.3, -0.25) is 0 Å². The van der Waals surface area contributed by atoms with Gasteiger partial charge in [-0.05, 0) is 80.4 Å². The number of benzene rings is 4. The fraction of sp³-hybridized carbons (Fsp3) is 0.206. The monoisotopic (exact) mass is 535 g/mol. The van der Waals surface area contributed by atoms with Gasteiger partial charge >= 0.3 is 5.97 Å². The Balaban J connectivity index is 1.64. The Morgan fingerprint density at radius 2 is 1.62 bits per heavy atom. The fourth-order valence-electron chi connectivity index (χ4n) is 5.80. The number of halogens is 1. The molecule has 0 saturated carbocycles. The summed E-state index contributed by atoms with van der Waals surface area (Å²) in [5, 5.41) is 10.4. The van der Waals surface area contributed by atoms with Crippen molar-refractivity contribution >= 4 is 16.9 Å². The van der Waals surface area contributed by atoms with Crippen LogP contribution in [0.4, 0.5) is 4.39 Å². The summed E-state index contributed by atoms with van der Waals surface area (Å²) in [6.07, 6.45) is 0. The quantitative estimate of drug-likeness (QED) is 0.243. The first-order valence-corrected chi connectivity index (χ1v) is 13.3. The Kier molecular flexibility index (Phi) is 6.23. The normalized spacial score (nSPS) is 17.9. The molecule has 40 heavy (non-hydrogen) atoms. The van der Waals surface area contributed by atoms with Crippen molar-refractivity contribution in [2.45, 2.75) is 38.4 Å². The molecule has 0 bridgehead atoms. The third kappa shape index (κ3) is 4.25. The molecule has 0 spiro atoms. The SMILES string of the molecule is CC1(C)OCC(C)(c2ccc(C(=O)O)cc2)c2c1n(-c1ccc(F)cc1)c1cccc(OCc3ccccc3)c21. The first-order chi connectivity index (χ1) is 19.2. The zero-order chi connectivity index (χ0) is 28.1. The van der Waals surface area contributed by atoms with Crippen molar-refractivity contribution < 1.29 is 23.8 Å². The maximum absolute atomic E-state index is 14.0. The number of aromatic carboxylic acids is 1. The van der Waals surface area contributed by atoms with Crippen LogP contribution in [0.25, 0.3) is 16.6 Å². The Hall–Kier alpha value is -4.42. The van der Waals surface area contributed by atoms with Gasteiger partial charge in [0, 0.05) is 22.1 Å². The lowest BCUT2D eigenvalue weighted by atomic mass is 9.71. The van der Waals surface area contributed by atoms with Crippen LogP contribution in [0, 0.1) is 5.82 Å². The second kappa shape index (κ2) is 9.65. The van der Waals surface area contributed by atoms with Gasteiger partial charge in [-0.1, -0.05) is 48.5 Å². The highest BCUT2D eigenvalue weighted by atomic mass is 19.1. The van der Waals surface area contributed by atoms with Gasteiger partial charge in [-0.15, -0.1) is 0 Å². The molecule has 0 radical (unpaired) electrons. The number of hydrogen-bond acceptors (Lipinski definition) is 3. The van der Waals surface area contributed by atoms with Crippen LogP contribution < -0.4 is 4.74 Å². The maximum atomic E-state index is 14.0. The Labute approximate surface area is 232 Å². The molecule has 0 aliphatic carbocycles. The van der Waals surface area contributed by atoms with Gasteiger partial charge in [0.05, 0.1) is 23.4 Å². The topological polar surface area (TPSA) is 60.7 Å². The fourth-order valence-corrected chi connectivity index (χ4v) is 5.80. The number of carboxylic acids is 1. The predicted molar refractivity (Wildman–Crippen MR) is 153 cm³/mol. The van der Waals surface area contributed by atoms with Gasteiger partial charge in [-0.2, -0.15) is 0 Å². The van der Waals surface area contributed by atoms with Crippen LogP contribution in [0.3, 0.4) is 0 Å². The van der Waals surface area contributed by atoms with Crippen LogP contribution in [-0.4, -0.2) is 22.2 Å². The number of hydrogen-bond donors (Lipinski definition) is 1. The minimum Gasteiger partial charge on any atom is -0.488 e. The summed E-state index contributed by atoms with van der Waals surface area (Å²) in [5.74, 6) is -0.535. The van der Waals surface area contributed by atoms with E-state index in [0.717, 1.165) is 44.7 Å². The van der Waals surface area contributed by atoms with Crippen molar-refractivity contribution in [2.75, 3.05) is 6.61 Å². The average molecular weight is 536 g/mol. The van der Waals surface area contributed by atoms with E-state index in [1.54, 1.807) is 24.3 Å². The Morgan fingerprint density at radius 3 is 2.30 bits per heavy atom. The zero-order valence-electron chi connectivity index (χ0n) is 22.6. The summed E-state index contributed by atoms with van der Waals surface area (Å²) >= 11 is 0. The molecular weight excluding hydrogens is 505 g/mol. The van der Waals surface area contributed by atoms with Gasteiger partial charge < -0.3 is 19.1 Å². The van der Waals surface area contributed by atoms with Gasteiger partial charge in [0.25, 0.3) is 0 Å². The van der Waals surface area contributed by atoms with Crippen LogP contribution in [-0.2, 0) is 22.4 Å². The molecule has 5 aromatic rings. The van der Waals surface area contributed by atoms with Gasteiger partial charge in [0.1, 0.15) is 23.8 Å². The van der Waals surface area contributed by atoms with E-state index in [1.807, 2.05) is 68.4 Å². The molecule has 6 heteroatoms. The van der Waals surface area contributed by atoms with Gasteiger partial charge in [-0.25, -0.2) is 9.18 Å². The summed E-state index contributed by atoms with van der Waals surface area (Å²) < 4.78 is 29.2. The van der Waals surface area contributed by atoms with E-state index in [1.165, 1.54) is 12.1 Å². The van der Waals surface area contributed by atoms with Crippen molar-refractivity contribution in [1.29, 1.82) is 0 Å². The highest BCUT2D eigenvalue weighted by Gasteiger charge is 2.47. The number of ether oxygens (including phenoxy) is 2. The van der Waals surface area contributed by atoms with Crippen molar-refractivity contribution in [1.82, 2.24) is 4.57 Å². The lowest BCUT2D eigenvalue weighted by Gasteiger charge is -2.43. The molecule has 5 nitrogen and oxygen atoms in total. The molecule has 202 valence electrons. The second-order valence-electron chi connectivity index (χ2n) is 11.0. The molecule has 0 saturated heterocycles. The first kappa shape index (κ1) is 25.8. The van der Waals surface area contributed by atoms with E-state index < -0.39 is 17.0 Å². The standard InChI is InChI=1S/C34H30FNO4/c1-33(2)31-30(34(3,21-40-33)24-14-12-23(13-15-24)32(37)38)29-27(36(31)26-18-16-25(35)17-19-26)10-7-11-28(29)39-20-22-8-5-4-6-9-22/h4-19H,20-21H2,1-3H3,(H,37,38). The Morgan fingerprint density at radius 1 is 0.925 bits per heavy atom. The summed E-state index contributed by atoms with van der Waals surface area (Å²) in [5.41, 5.74) is 4.65. The molecule has 4 aromatic carbocycles. The largest absolute Gasteiger partial charge is 0.488 e. The maximum Gasteiger partial charge on any atom is 0.335 e. The molecule has 0 amide bonds. The summed E-state index contributed by atoms with van der Waals surface area (Å²) in [4.78, 5) is 11.6. The van der Waals surface area contributed by atoms with E-state index in [-0.39, 0.29) is 11.4 Å². The molecule has 6 rings (SSSR count). The number of carboxylic acid groups (broad SMARTS) is 1. The van der Waals surface area contributed by atoms with Crippen molar-refractivity contribution in [3.63, 3.8) is 0 Å². The van der Waals surface area contributed by atoms with E-state index in [4.69, 9.17) is 9.47 Å². The molecular formula is C34H30FNO4. The van der Waals surface area contributed by atoms with E-state index in [9.17, 15) is 14.3 Å². The summed E-state index contributed by atoms with van der Waals surface area (Å²) in [7, 11) is 0. The molecule has 1 aromatic heterocycles.